The number of ether oxygens (including phenoxy) is 1. The molecule has 0 unspecified atom stereocenters. The highest BCUT2D eigenvalue weighted by Crippen LogP contribution is 2.23. The first-order valence-electron chi connectivity index (χ1n) is 6.85. The Balaban J connectivity index is 2.02. The van der Waals surface area contributed by atoms with E-state index in [1.165, 1.54) is 12.1 Å². The van der Waals surface area contributed by atoms with Crippen molar-refractivity contribution in [3.05, 3.63) is 64.2 Å². The van der Waals surface area contributed by atoms with Crippen molar-refractivity contribution in [2.24, 2.45) is 0 Å². The minimum Gasteiger partial charge on any atom is -0.492 e. The predicted octanol–water partition coefficient (Wildman–Crippen LogP) is 3.17. The summed E-state index contributed by atoms with van der Waals surface area (Å²) < 4.78 is 5.44. The number of hydrogen-bond donors (Lipinski definition) is 1. The number of carbonyl (C=O) groups is 1. The molecule has 0 bridgehead atoms. The van der Waals surface area contributed by atoms with Crippen LogP contribution in [0.25, 0.3) is 0 Å². The Hall–Kier alpha value is -2.89. The standard InChI is InChI=1S/C16H16N2O4/c1-2-22-15-6-4-3-5-14(15)17-16(19)11-12-7-9-13(10-8-12)18(20)21/h3-10H,2,11H2,1H3,(H,17,19). The molecule has 6 heteroatoms. The summed E-state index contributed by atoms with van der Waals surface area (Å²) >= 11 is 0. The maximum Gasteiger partial charge on any atom is 0.269 e. The number of benzene rings is 2. The van der Waals surface area contributed by atoms with E-state index in [4.69, 9.17) is 4.74 Å². The second-order valence-corrected chi connectivity index (χ2v) is 4.58. The molecule has 0 aliphatic rings. The van der Waals surface area contributed by atoms with Crippen molar-refractivity contribution in [1.29, 1.82) is 0 Å². The zero-order valence-electron chi connectivity index (χ0n) is 12.1. The Labute approximate surface area is 127 Å². The van der Waals surface area contributed by atoms with Gasteiger partial charge in [0.15, 0.2) is 0 Å². The lowest BCUT2D eigenvalue weighted by Crippen LogP contribution is -2.15. The summed E-state index contributed by atoms with van der Waals surface area (Å²) in [5.74, 6) is 0.406. The fourth-order valence-electron chi connectivity index (χ4n) is 1.97. The molecule has 0 heterocycles. The summed E-state index contributed by atoms with van der Waals surface area (Å²) in [4.78, 5) is 22.2. The Morgan fingerprint density at radius 3 is 2.50 bits per heavy atom. The Morgan fingerprint density at radius 2 is 1.86 bits per heavy atom. The van der Waals surface area contributed by atoms with Crippen LogP contribution < -0.4 is 10.1 Å². The zero-order chi connectivity index (χ0) is 15.9. The van der Waals surface area contributed by atoms with Crippen molar-refractivity contribution in [2.75, 3.05) is 11.9 Å². The molecule has 1 N–H and O–H groups in total. The molecule has 0 aliphatic carbocycles. The third-order valence-corrected chi connectivity index (χ3v) is 2.97. The number of nitrogens with one attached hydrogen (secondary N) is 1. The van der Waals surface area contributed by atoms with Crippen molar-refractivity contribution in [3.63, 3.8) is 0 Å². The summed E-state index contributed by atoms with van der Waals surface area (Å²) in [6.07, 6.45) is 0.137. The quantitative estimate of drug-likeness (QED) is 0.656. The van der Waals surface area contributed by atoms with Gasteiger partial charge < -0.3 is 10.1 Å². The van der Waals surface area contributed by atoms with Crippen LogP contribution in [-0.2, 0) is 11.2 Å². The second-order valence-electron chi connectivity index (χ2n) is 4.58. The molecule has 22 heavy (non-hydrogen) atoms. The van der Waals surface area contributed by atoms with Gasteiger partial charge in [-0.05, 0) is 24.6 Å². The molecule has 0 fully saturated rings. The first kappa shape index (κ1) is 15.5. The lowest BCUT2D eigenvalue weighted by molar-refractivity contribution is -0.384. The molecule has 0 saturated heterocycles. The summed E-state index contributed by atoms with van der Waals surface area (Å²) in [6.45, 7) is 2.38. The minimum atomic E-state index is -0.470. The fourth-order valence-corrected chi connectivity index (χ4v) is 1.97. The van der Waals surface area contributed by atoms with E-state index in [1.807, 2.05) is 19.1 Å². The van der Waals surface area contributed by atoms with Crippen LogP contribution in [0.1, 0.15) is 12.5 Å². The molecule has 114 valence electrons. The highest BCUT2D eigenvalue weighted by Gasteiger charge is 2.10. The van der Waals surface area contributed by atoms with Crippen LogP contribution in [0.5, 0.6) is 5.75 Å². The summed E-state index contributed by atoms with van der Waals surface area (Å²) in [5.41, 5.74) is 1.32. The summed E-state index contributed by atoms with van der Waals surface area (Å²) in [7, 11) is 0. The van der Waals surface area contributed by atoms with Crippen molar-refractivity contribution in [1.82, 2.24) is 0 Å². The molecule has 2 aromatic carbocycles. The van der Waals surface area contributed by atoms with E-state index in [-0.39, 0.29) is 18.0 Å². The van der Waals surface area contributed by atoms with Crippen LogP contribution in [0.3, 0.4) is 0 Å². The largest absolute Gasteiger partial charge is 0.492 e. The molecule has 1 amide bonds. The number of para-hydroxylation sites is 2. The third kappa shape index (κ3) is 4.05. The van der Waals surface area contributed by atoms with Crippen molar-refractivity contribution < 1.29 is 14.5 Å². The van der Waals surface area contributed by atoms with Crippen molar-refractivity contribution in [2.45, 2.75) is 13.3 Å². The van der Waals surface area contributed by atoms with Crippen LogP contribution in [0.15, 0.2) is 48.5 Å². The van der Waals surface area contributed by atoms with E-state index >= 15 is 0 Å². The van der Waals surface area contributed by atoms with Gasteiger partial charge in [0.1, 0.15) is 5.75 Å². The number of nitro benzene ring substituents is 1. The van der Waals surface area contributed by atoms with E-state index in [0.29, 0.717) is 23.6 Å². The number of anilines is 1. The zero-order valence-corrected chi connectivity index (χ0v) is 12.1. The molecule has 2 rings (SSSR count). The Morgan fingerprint density at radius 1 is 1.18 bits per heavy atom. The molecule has 6 nitrogen and oxygen atoms in total. The number of non-ortho nitro benzene ring substituents is 1. The van der Waals surface area contributed by atoms with E-state index in [2.05, 4.69) is 5.32 Å². The van der Waals surface area contributed by atoms with Gasteiger partial charge in [0.25, 0.3) is 5.69 Å². The number of carbonyl (C=O) groups excluding carboxylic acids is 1. The van der Waals surface area contributed by atoms with Gasteiger partial charge in [-0.2, -0.15) is 0 Å². The van der Waals surface area contributed by atoms with Gasteiger partial charge in [-0.15, -0.1) is 0 Å². The van der Waals surface area contributed by atoms with E-state index in [9.17, 15) is 14.9 Å². The van der Waals surface area contributed by atoms with Crippen molar-refractivity contribution >= 4 is 17.3 Å². The molecular weight excluding hydrogens is 284 g/mol. The Kier molecular flexibility index (Phi) is 5.08. The lowest BCUT2D eigenvalue weighted by Gasteiger charge is -2.11. The molecule has 0 atom stereocenters. The molecule has 2 aromatic rings. The number of nitro groups is 1. The predicted molar refractivity (Wildman–Crippen MR) is 83.0 cm³/mol. The minimum absolute atomic E-state index is 0.00542. The highest BCUT2D eigenvalue weighted by atomic mass is 16.6. The van der Waals surface area contributed by atoms with Crippen LogP contribution in [0, 0.1) is 10.1 Å². The van der Waals surface area contributed by atoms with Crippen LogP contribution >= 0.6 is 0 Å². The fraction of sp³-hybridized carbons (Fsp3) is 0.188. The summed E-state index contributed by atoms with van der Waals surface area (Å²) in [6, 6.07) is 13.1. The van der Waals surface area contributed by atoms with E-state index in [1.54, 1.807) is 24.3 Å². The molecular formula is C16H16N2O4. The van der Waals surface area contributed by atoms with Gasteiger partial charge in [-0.1, -0.05) is 24.3 Å². The maximum atomic E-state index is 12.1. The highest BCUT2D eigenvalue weighted by molar-refractivity contribution is 5.93. The van der Waals surface area contributed by atoms with Crippen LogP contribution in [0.2, 0.25) is 0 Å². The van der Waals surface area contributed by atoms with Gasteiger partial charge in [0, 0.05) is 12.1 Å². The van der Waals surface area contributed by atoms with Crippen LogP contribution in [0.4, 0.5) is 11.4 Å². The second kappa shape index (κ2) is 7.21. The van der Waals surface area contributed by atoms with Gasteiger partial charge in [0.2, 0.25) is 5.91 Å². The van der Waals surface area contributed by atoms with E-state index < -0.39 is 4.92 Å². The monoisotopic (exact) mass is 300 g/mol. The molecule has 0 saturated carbocycles. The van der Waals surface area contributed by atoms with Crippen molar-refractivity contribution in [3.8, 4) is 5.75 Å². The number of nitrogens with zero attached hydrogens (tertiary/aromatic N) is 1. The Bertz CT molecular complexity index is 668. The number of rotatable bonds is 6. The summed E-state index contributed by atoms with van der Waals surface area (Å²) in [5, 5.41) is 13.4. The average Bonchev–Trinajstić information content (AvgIpc) is 2.50. The number of hydrogen-bond acceptors (Lipinski definition) is 4. The average molecular weight is 300 g/mol. The molecule has 0 radical (unpaired) electrons. The number of amides is 1. The first-order chi connectivity index (χ1) is 10.6. The van der Waals surface area contributed by atoms with Gasteiger partial charge in [-0.25, -0.2) is 0 Å². The maximum absolute atomic E-state index is 12.1. The SMILES string of the molecule is CCOc1ccccc1NC(=O)Cc1ccc([N+](=O)[O-])cc1. The molecule has 0 aromatic heterocycles. The normalized spacial score (nSPS) is 10.0. The van der Waals surface area contributed by atoms with Gasteiger partial charge in [0.05, 0.1) is 23.6 Å². The molecule has 0 aliphatic heterocycles. The third-order valence-electron chi connectivity index (χ3n) is 2.97. The topological polar surface area (TPSA) is 81.5 Å². The van der Waals surface area contributed by atoms with E-state index in [0.717, 1.165) is 0 Å². The van der Waals surface area contributed by atoms with Gasteiger partial charge in [-0.3, -0.25) is 14.9 Å². The smallest absolute Gasteiger partial charge is 0.269 e. The van der Waals surface area contributed by atoms with Gasteiger partial charge >= 0.3 is 0 Å². The first-order valence-corrected chi connectivity index (χ1v) is 6.85. The molecule has 0 spiro atoms. The van der Waals surface area contributed by atoms with Crippen LogP contribution in [-0.4, -0.2) is 17.4 Å². The lowest BCUT2D eigenvalue weighted by atomic mass is 10.1.